The van der Waals surface area contributed by atoms with E-state index in [1.54, 1.807) is 6.07 Å². The Morgan fingerprint density at radius 3 is 2.75 bits per heavy atom. The van der Waals surface area contributed by atoms with E-state index in [1.165, 1.54) is 17.0 Å². The number of halogens is 2. The first-order chi connectivity index (χ1) is 9.33. The molecule has 1 aromatic carbocycles. The molecule has 108 valence electrons. The van der Waals surface area contributed by atoms with Crippen LogP contribution in [0.25, 0.3) is 0 Å². The molecule has 0 unspecified atom stereocenters. The van der Waals surface area contributed by atoms with Crippen LogP contribution in [0.5, 0.6) is 0 Å². The summed E-state index contributed by atoms with van der Waals surface area (Å²) >= 11 is 3.11. The van der Waals surface area contributed by atoms with E-state index in [2.05, 4.69) is 15.9 Å². The van der Waals surface area contributed by atoms with Crippen molar-refractivity contribution >= 4 is 27.7 Å². The molecule has 1 atom stereocenters. The van der Waals surface area contributed by atoms with Crippen LogP contribution in [-0.2, 0) is 4.79 Å². The number of carbonyl (C=O) groups is 2. The Kier molecular flexibility index (Phi) is 4.10. The molecule has 0 bridgehead atoms. The lowest BCUT2D eigenvalue weighted by Gasteiger charge is -2.37. The summed E-state index contributed by atoms with van der Waals surface area (Å²) in [4.78, 5) is 24.7. The molecule has 5 nitrogen and oxygen atoms in total. The van der Waals surface area contributed by atoms with Crippen molar-refractivity contribution in [3.8, 4) is 0 Å². The number of amides is 2. The second-order valence-corrected chi connectivity index (χ2v) is 5.77. The average Bonchev–Trinajstić information content (AvgIpc) is 2.38. The largest absolute Gasteiger partial charge is 0.378 e. The van der Waals surface area contributed by atoms with Gasteiger partial charge in [0.1, 0.15) is 5.82 Å². The lowest BCUT2D eigenvalue weighted by Crippen LogP contribution is -2.57. The number of primary amides is 1. The Morgan fingerprint density at radius 1 is 1.45 bits per heavy atom. The van der Waals surface area contributed by atoms with Crippen LogP contribution in [0.3, 0.4) is 0 Å². The Balaban J connectivity index is 2.23. The smallest absolute Gasteiger partial charge is 0.256 e. The van der Waals surface area contributed by atoms with Gasteiger partial charge < -0.3 is 15.7 Å². The molecular formula is C13H14BrFN2O3. The molecule has 1 fully saturated rings. The van der Waals surface area contributed by atoms with Crippen LogP contribution in [0.2, 0.25) is 0 Å². The van der Waals surface area contributed by atoms with Crippen molar-refractivity contribution in [2.24, 2.45) is 5.73 Å². The summed E-state index contributed by atoms with van der Waals surface area (Å²) in [6.07, 6.45) is 0.637. The van der Waals surface area contributed by atoms with Gasteiger partial charge in [-0.3, -0.25) is 9.59 Å². The molecule has 1 aromatic rings. The van der Waals surface area contributed by atoms with Crippen molar-refractivity contribution in [3.05, 3.63) is 34.1 Å². The highest BCUT2D eigenvalue weighted by molar-refractivity contribution is 9.10. The van der Waals surface area contributed by atoms with E-state index < -0.39 is 23.2 Å². The fourth-order valence-corrected chi connectivity index (χ4v) is 2.58. The van der Waals surface area contributed by atoms with Crippen LogP contribution in [0, 0.1) is 5.82 Å². The van der Waals surface area contributed by atoms with Gasteiger partial charge in [-0.15, -0.1) is 0 Å². The Hall–Kier alpha value is -1.47. The predicted molar refractivity (Wildman–Crippen MR) is 73.4 cm³/mol. The fourth-order valence-electron chi connectivity index (χ4n) is 2.24. The summed E-state index contributed by atoms with van der Waals surface area (Å²) in [5.41, 5.74) is 3.31. The van der Waals surface area contributed by atoms with Gasteiger partial charge in [0.05, 0.1) is 12.1 Å². The molecular weight excluding hydrogens is 331 g/mol. The first kappa shape index (κ1) is 14.9. The number of nitrogens with two attached hydrogens (primary N) is 1. The van der Waals surface area contributed by atoms with Crippen LogP contribution in [0.15, 0.2) is 22.7 Å². The molecule has 0 aromatic heterocycles. The molecule has 3 N–H and O–H groups in total. The van der Waals surface area contributed by atoms with Crippen molar-refractivity contribution in [3.63, 3.8) is 0 Å². The second kappa shape index (κ2) is 5.49. The van der Waals surface area contributed by atoms with Gasteiger partial charge in [0.25, 0.3) is 11.8 Å². The van der Waals surface area contributed by atoms with Gasteiger partial charge in [-0.05, 0) is 31.0 Å². The molecule has 1 heterocycles. The van der Waals surface area contributed by atoms with Gasteiger partial charge in [0, 0.05) is 11.0 Å². The number of nitrogens with zero attached hydrogens (tertiary/aromatic N) is 1. The third-order valence-electron chi connectivity index (χ3n) is 3.38. The van der Waals surface area contributed by atoms with Crippen molar-refractivity contribution < 1.29 is 19.1 Å². The zero-order chi connectivity index (χ0) is 14.9. The molecule has 0 radical (unpaired) electrons. The van der Waals surface area contributed by atoms with E-state index >= 15 is 0 Å². The number of rotatable bonds is 2. The fraction of sp³-hybridized carbons (Fsp3) is 0.385. The minimum absolute atomic E-state index is 0.0954. The average molecular weight is 345 g/mol. The lowest BCUT2D eigenvalue weighted by atomic mass is 9.92. The van der Waals surface area contributed by atoms with Crippen molar-refractivity contribution in [2.45, 2.75) is 18.4 Å². The molecule has 0 saturated carbocycles. The minimum atomic E-state index is -1.74. The van der Waals surface area contributed by atoms with Crippen molar-refractivity contribution in [1.29, 1.82) is 0 Å². The van der Waals surface area contributed by atoms with Crippen LogP contribution >= 0.6 is 15.9 Å². The maximum atomic E-state index is 13.8. The van der Waals surface area contributed by atoms with Crippen molar-refractivity contribution in [2.75, 3.05) is 13.1 Å². The summed E-state index contributed by atoms with van der Waals surface area (Å²) in [5.74, 6) is -2.08. The summed E-state index contributed by atoms with van der Waals surface area (Å²) in [5, 5.41) is 10.1. The van der Waals surface area contributed by atoms with E-state index in [9.17, 15) is 19.1 Å². The third-order valence-corrected chi connectivity index (χ3v) is 3.87. The van der Waals surface area contributed by atoms with E-state index in [0.717, 1.165) is 0 Å². The highest BCUT2D eigenvalue weighted by Gasteiger charge is 2.40. The number of carbonyl (C=O) groups excluding carboxylic acids is 2. The van der Waals surface area contributed by atoms with Crippen LogP contribution in [-0.4, -0.2) is 40.5 Å². The number of hydrogen-bond donors (Lipinski definition) is 2. The molecule has 2 amide bonds. The topological polar surface area (TPSA) is 83.6 Å². The molecule has 1 aliphatic heterocycles. The van der Waals surface area contributed by atoms with Crippen molar-refractivity contribution in [1.82, 2.24) is 4.90 Å². The molecule has 2 rings (SSSR count). The standard InChI is InChI=1S/C13H14BrFN2O3/c14-8-2-3-9(10(15)6-8)11(18)17-5-1-4-13(20,7-17)12(16)19/h2-3,6,20H,1,4-5,7H2,(H2,16,19)/t13-/m1/s1. The van der Waals surface area contributed by atoms with Gasteiger partial charge in [-0.1, -0.05) is 15.9 Å². The highest BCUT2D eigenvalue weighted by atomic mass is 79.9. The zero-order valence-corrected chi connectivity index (χ0v) is 12.2. The summed E-state index contributed by atoms with van der Waals surface area (Å²) in [6, 6.07) is 4.11. The summed E-state index contributed by atoms with van der Waals surface area (Å²) in [6.45, 7) is 0.139. The van der Waals surface area contributed by atoms with Gasteiger partial charge in [0.2, 0.25) is 0 Å². The molecule has 1 saturated heterocycles. The first-order valence-corrected chi connectivity index (χ1v) is 6.89. The van der Waals surface area contributed by atoms with Gasteiger partial charge in [-0.2, -0.15) is 0 Å². The monoisotopic (exact) mass is 344 g/mol. The molecule has 7 heteroatoms. The Morgan fingerprint density at radius 2 is 2.15 bits per heavy atom. The zero-order valence-electron chi connectivity index (χ0n) is 10.6. The maximum absolute atomic E-state index is 13.8. The van der Waals surface area contributed by atoms with E-state index in [0.29, 0.717) is 17.4 Å². The van der Waals surface area contributed by atoms with Gasteiger partial charge in [-0.25, -0.2) is 4.39 Å². The van der Waals surface area contributed by atoms with E-state index in [4.69, 9.17) is 5.73 Å². The van der Waals surface area contributed by atoms with Gasteiger partial charge >= 0.3 is 0 Å². The SMILES string of the molecule is NC(=O)[C@@]1(O)CCCN(C(=O)c2ccc(Br)cc2F)C1. The summed E-state index contributed by atoms with van der Waals surface area (Å²) in [7, 11) is 0. The predicted octanol–water partition coefficient (Wildman–Crippen LogP) is 1.04. The number of likely N-dealkylation sites (tertiary alicyclic amines) is 1. The van der Waals surface area contributed by atoms with Crippen LogP contribution in [0.1, 0.15) is 23.2 Å². The second-order valence-electron chi connectivity index (χ2n) is 4.85. The van der Waals surface area contributed by atoms with Crippen LogP contribution < -0.4 is 5.73 Å². The normalized spacial score (nSPS) is 22.6. The number of benzene rings is 1. The number of piperidine rings is 1. The van der Waals surface area contributed by atoms with E-state index in [-0.39, 0.29) is 18.5 Å². The molecule has 1 aliphatic rings. The molecule has 0 aliphatic carbocycles. The Labute approximate surface area is 123 Å². The quantitative estimate of drug-likeness (QED) is 0.840. The maximum Gasteiger partial charge on any atom is 0.256 e. The number of aliphatic hydroxyl groups is 1. The first-order valence-electron chi connectivity index (χ1n) is 6.10. The number of hydrogen-bond acceptors (Lipinski definition) is 3. The highest BCUT2D eigenvalue weighted by Crippen LogP contribution is 2.24. The lowest BCUT2D eigenvalue weighted by molar-refractivity contribution is -0.140. The molecule has 0 spiro atoms. The molecule has 20 heavy (non-hydrogen) atoms. The number of β-amino-alcohol motifs (C(OH)–C–C–N with tert-alkyl or cyclic N) is 1. The minimum Gasteiger partial charge on any atom is -0.378 e. The van der Waals surface area contributed by atoms with E-state index in [1.807, 2.05) is 0 Å². The Bertz CT molecular complexity index is 567. The third kappa shape index (κ3) is 2.83. The van der Waals surface area contributed by atoms with Gasteiger partial charge in [0.15, 0.2) is 5.60 Å². The van der Waals surface area contributed by atoms with Crippen LogP contribution in [0.4, 0.5) is 4.39 Å². The summed E-state index contributed by atoms with van der Waals surface area (Å²) < 4.78 is 14.3.